The molecule has 2 rings (SSSR count). The lowest BCUT2D eigenvalue weighted by Gasteiger charge is -2.24. The van der Waals surface area contributed by atoms with Crippen LogP contribution in [0.15, 0.2) is 0 Å². The molecule has 0 heteroatoms. The monoisotopic (exact) mass is 242 g/mol. The van der Waals surface area contributed by atoms with Crippen molar-refractivity contribution in [3.63, 3.8) is 0 Å². The van der Waals surface area contributed by atoms with Gasteiger partial charge in [-0.2, -0.15) is 0 Å². The van der Waals surface area contributed by atoms with Gasteiger partial charge in [0.2, 0.25) is 0 Å². The second-order valence-corrected chi connectivity index (χ2v) is 5.09. The van der Waals surface area contributed by atoms with Crippen LogP contribution >= 0.6 is 0 Å². The van der Waals surface area contributed by atoms with E-state index in [2.05, 4.69) is 20.8 Å². The Morgan fingerprint density at radius 3 is 1.35 bits per heavy atom. The van der Waals surface area contributed by atoms with Crippen molar-refractivity contribution in [3.8, 4) is 0 Å². The number of hydrogen-bond acceptors (Lipinski definition) is 0. The maximum Gasteiger partial charge on any atom is -0.0383 e. The zero-order valence-corrected chi connectivity index (χ0v) is 13.7. The first kappa shape index (κ1) is 19.3. The average molecular weight is 242 g/mol. The minimum Gasteiger partial charge on any atom is -0.0683 e. The van der Waals surface area contributed by atoms with E-state index in [4.69, 9.17) is 0 Å². The summed E-state index contributed by atoms with van der Waals surface area (Å²) in [6.45, 7) is 14.7. The molecule has 0 amide bonds. The number of rotatable bonds is 0. The lowest BCUT2D eigenvalue weighted by atomic mass is 9.82. The van der Waals surface area contributed by atoms with Gasteiger partial charge in [-0.15, -0.1) is 0 Å². The molecule has 0 aromatic rings. The third-order valence-corrected chi connectivity index (χ3v) is 3.48. The Hall–Kier alpha value is 0. The standard InChI is InChI=1S/C10H18.C3H8.2C2H6/c1-8-6-9-4-2-3-5-10(9)7-8;1-3-2;2*1-2/h8-10H,2-7H2,1H3;3H2,1-2H3;2*1-2H3. The predicted molar refractivity (Wildman–Crippen MR) is 82.5 cm³/mol. The molecule has 0 radical (unpaired) electrons. The SMILES string of the molecule is CC.CC.CC1CC2CCCCC2C1.CCC. The van der Waals surface area contributed by atoms with Gasteiger partial charge in [-0.1, -0.05) is 80.6 Å². The van der Waals surface area contributed by atoms with Crippen molar-refractivity contribution in [2.45, 2.75) is 93.4 Å². The van der Waals surface area contributed by atoms with E-state index in [0.29, 0.717) is 0 Å². The van der Waals surface area contributed by atoms with E-state index in [0.717, 1.165) is 17.8 Å². The predicted octanol–water partition coefficient (Wildman–Crippen LogP) is 6.69. The molecule has 0 aromatic heterocycles. The molecule has 2 unspecified atom stereocenters. The van der Waals surface area contributed by atoms with E-state index >= 15 is 0 Å². The van der Waals surface area contributed by atoms with Crippen LogP contribution in [-0.2, 0) is 0 Å². The first-order chi connectivity index (χ1) is 8.27. The highest BCUT2D eigenvalue weighted by Crippen LogP contribution is 2.44. The van der Waals surface area contributed by atoms with Crippen molar-refractivity contribution in [1.82, 2.24) is 0 Å². The van der Waals surface area contributed by atoms with E-state index in [1.165, 1.54) is 19.3 Å². The highest BCUT2D eigenvalue weighted by atomic mass is 14.4. The summed E-state index contributed by atoms with van der Waals surface area (Å²) in [5.41, 5.74) is 0. The Bertz CT molecular complexity index is 114. The summed E-state index contributed by atoms with van der Waals surface area (Å²) < 4.78 is 0. The molecule has 2 aliphatic carbocycles. The van der Waals surface area contributed by atoms with Crippen molar-refractivity contribution in [2.75, 3.05) is 0 Å². The fraction of sp³-hybridized carbons (Fsp3) is 1.00. The normalized spacial score (nSPS) is 29.5. The molecule has 106 valence electrons. The highest BCUT2D eigenvalue weighted by Gasteiger charge is 2.32. The van der Waals surface area contributed by atoms with E-state index in [1.807, 2.05) is 27.7 Å². The van der Waals surface area contributed by atoms with Crippen molar-refractivity contribution < 1.29 is 0 Å². The van der Waals surface area contributed by atoms with Crippen molar-refractivity contribution in [1.29, 1.82) is 0 Å². The second-order valence-electron chi connectivity index (χ2n) is 5.09. The summed E-state index contributed by atoms with van der Waals surface area (Å²) in [5, 5.41) is 0. The average Bonchev–Trinajstić information content (AvgIpc) is 2.75. The van der Waals surface area contributed by atoms with Gasteiger partial charge >= 0.3 is 0 Å². The first-order valence-electron chi connectivity index (χ1n) is 8.27. The van der Waals surface area contributed by atoms with Crippen LogP contribution in [0, 0.1) is 17.8 Å². The number of hydrogen-bond donors (Lipinski definition) is 0. The van der Waals surface area contributed by atoms with Crippen LogP contribution in [0.5, 0.6) is 0 Å². The molecule has 0 aliphatic heterocycles. The van der Waals surface area contributed by atoms with Gasteiger partial charge in [0.15, 0.2) is 0 Å². The van der Waals surface area contributed by atoms with Crippen LogP contribution < -0.4 is 0 Å². The van der Waals surface area contributed by atoms with Gasteiger partial charge in [0.1, 0.15) is 0 Å². The van der Waals surface area contributed by atoms with Crippen LogP contribution in [0.25, 0.3) is 0 Å². The van der Waals surface area contributed by atoms with E-state index < -0.39 is 0 Å². The fourth-order valence-corrected chi connectivity index (χ4v) is 3.03. The van der Waals surface area contributed by atoms with Crippen LogP contribution in [-0.4, -0.2) is 0 Å². The molecular formula is C17H38. The summed E-state index contributed by atoms with van der Waals surface area (Å²) in [5.74, 6) is 3.33. The van der Waals surface area contributed by atoms with Crippen molar-refractivity contribution >= 4 is 0 Å². The van der Waals surface area contributed by atoms with Gasteiger partial charge in [0, 0.05) is 0 Å². The highest BCUT2D eigenvalue weighted by molar-refractivity contribution is 4.84. The third-order valence-electron chi connectivity index (χ3n) is 3.48. The summed E-state index contributed by atoms with van der Waals surface area (Å²) in [6.07, 6.45) is 10.5. The van der Waals surface area contributed by atoms with Gasteiger partial charge in [-0.3, -0.25) is 0 Å². The van der Waals surface area contributed by atoms with Gasteiger partial charge in [-0.05, 0) is 30.6 Å². The van der Waals surface area contributed by atoms with E-state index in [1.54, 1.807) is 25.7 Å². The van der Waals surface area contributed by atoms with Crippen LogP contribution in [0.1, 0.15) is 93.4 Å². The molecule has 2 saturated carbocycles. The molecule has 2 fully saturated rings. The minimum atomic E-state index is 1.05. The molecule has 0 aromatic carbocycles. The molecule has 0 heterocycles. The largest absolute Gasteiger partial charge is 0.0683 e. The molecule has 0 saturated heterocycles. The van der Waals surface area contributed by atoms with Gasteiger partial charge in [0.25, 0.3) is 0 Å². The molecule has 0 nitrogen and oxygen atoms in total. The summed E-state index contributed by atoms with van der Waals surface area (Å²) in [4.78, 5) is 0. The maximum absolute atomic E-state index is 2.43. The van der Waals surface area contributed by atoms with E-state index in [-0.39, 0.29) is 0 Å². The lowest BCUT2D eigenvalue weighted by Crippen LogP contribution is -2.12. The Morgan fingerprint density at radius 1 is 0.765 bits per heavy atom. The topological polar surface area (TPSA) is 0 Å². The van der Waals surface area contributed by atoms with Crippen LogP contribution in [0.4, 0.5) is 0 Å². The van der Waals surface area contributed by atoms with E-state index in [9.17, 15) is 0 Å². The molecule has 17 heavy (non-hydrogen) atoms. The second kappa shape index (κ2) is 14.1. The molecule has 2 atom stereocenters. The molecule has 0 spiro atoms. The zero-order chi connectivity index (χ0) is 13.7. The molecule has 0 N–H and O–H groups in total. The van der Waals surface area contributed by atoms with Crippen LogP contribution in [0.2, 0.25) is 0 Å². The Morgan fingerprint density at radius 2 is 1.06 bits per heavy atom. The molecule has 0 bridgehead atoms. The van der Waals surface area contributed by atoms with Gasteiger partial charge in [0.05, 0.1) is 0 Å². The Balaban J connectivity index is 0. The van der Waals surface area contributed by atoms with Crippen molar-refractivity contribution in [3.05, 3.63) is 0 Å². The summed E-state index contributed by atoms with van der Waals surface area (Å²) in [6, 6.07) is 0. The quantitative estimate of drug-likeness (QED) is 0.444. The third kappa shape index (κ3) is 8.69. The van der Waals surface area contributed by atoms with Crippen molar-refractivity contribution in [2.24, 2.45) is 17.8 Å². The zero-order valence-electron chi connectivity index (χ0n) is 13.7. The van der Waals surface area contributed by atoms with Gasteiger partial charge < -0.3 is 0 Å². The minimum absolute atomic E-state index is 1.05. The van der Waals surface area contributed by atoms with Crippen LogP contribution in [0.3, 0.4) is 0 Å². The summed E-state index contributed by atoms with van der Waals surface area (Å²) >= 11 is 0. The number of fused-ring (bicyclic) bond motifs is 1. The van der Waals surface area contributed by atoms with Gasteiger partial charge in [-0.25, -0.2) is 0 Å². The lowest BCUT2D eigenvalue weighted by molar-refractivity contribution is 0.277. The molecule has 2 aliphatic rings. The first-order valence-corrected chi connectivity index (χ1v) is 8.27. The Kier molecular flexibility index (Phi) is 16.0. The summed E-state index contributed by atoms with van der Waals surface area (Å²) in [7, 11) is 0. The Labute approximate surface area is 112 Å². The smallest absolute Gasteiger partial charge is 0.0383 e. The molecular weight excluding hydrogens is 204 g/mol. The fourth-order valence-electron chi connectivity index (χ4n) is 3.03. The maximum atomic E-state index is 2.43.